The zero-order valence-electron chi connectivity index (χ0n) is 14.6. The SMILES string of the molecule is CCSc1nc(NNC(=O)C2CC2)c2c3c(sc2n1)COC(C)(C)C3. The molecule has 1 aliphatic heterocycles. The molecule has 25 heavy (non-hydrogen) atoms. The first-order valence-corrected chi connectivity index (χ1v) is 10.4. The number of ether oxygens (including phenoxy) is 1. The Balaban J connectivity index is 1.74. The first kappa shape index (κ1) is 17.1. The number of carbonyl (C=O) groups excluding carboxylic acids is 1. The highest BCUT2D eigenvalue weighted by Gasteiger charge is 2.32. The molecule has 8 heteroatoms. The lowest BCUT2D eigenvalue weighted by atomic mass is 9.94. The molecule has 2 aromatic rings. The highest BCUT2D eigenvalue weighted by Crippen LogP contribution is 2.41. The molecule has 4 rings (SSSR count). The maximum absolute atomic E-state index is 12.0. The monoisotopic (exact) mass is 378 g/mol. The largest absolute Gasteiger partial charge is 0.370 e. The van der Waals surface area contributed by atoms with Gasteiger partial charge in [-0.1, -0.05) is 18.7 Å². The smallest absolute Gasteiger partial charge is 0.241 e. The van der Waals surface area contributed by atoms with Crippen molar-refractivity contribution in [3.8, 4) is 0 Å². The van der Waals surface area contributed by atoms with Crippen molar-refractivity contribution >= 4 is 45.0 Å². The number of aromatic nitrogens is 2. The third kappa shape index (κ3) is 3.47. The molecule has 3 heterocycles. The van der Waals surface area contributed by atoms with Gasteiger partial charge in [0.15, 0.2) is 11.0 Å². The molecule has 0 unspecified atom stereocenters. The Morgan fingerprint density at radius 1 is 1.40 bits per heavy atom. The number of hydrogen-bond acceptors (Lipinski definition) is 7. The summed E-state index contributed by atoms with van der Waals surface area (Å²) in [5.41, 5.74) is 6.94. The highest BCUT2D eigenvalue weighted by atomic mass is 32.2. The number of fused-ring (bicyclic) bond motifs is 3. The number of rotatable bonds is 5. The molecule has 2 N–H and O–H groups in total. The lowest BCUT2D eigenvalue weighted by Crippen LogP contribution is -2.32. The Morgan fingerprint density at radius 3 is 2.92 bits per heavy atom. The van der Waals surface area contributed by atoms with Crippen LogP contribution in [-0.4, -0.2) is 27.2 Å². The van der Waals surface area contributed by atoms with E-state index in [1.54, 1.807) is 23.1 Å². The first-order chi connectivity index (χ1) is 12.0. The molecule has 1 fully saturated rings. The van der Waals surface area contributed by atoms with Crippen LogP contribution in [0.15, 0.2) is 5.16 Å². The van der Waals surface area contributed by atoms with Crippen molar-refractivity contribution in [3.05, 3.63) is 10.4 Å². The van der Waals surface area contributed by atoms with Crippen LogP contribution in [0.1, 0.15) is 44.1 Å². The van der Waals surface area contributed by atoms with Crippen LogP contribution in [-0.2, 0) is 22.6 Å². The van der Waals surface area contributed by atoms with E-state index < -0.39 is 0 Å². The van der Waals surface area contributed by atoms with Gasteiger partial charge in [0.25, 0.3) is 0 Å². The predicted molar refractivity (Wildman–Crippen MR) is 101 cm³/mol. The number of hydrazine groups is 1. The molecule has 0 aromatic carbocycles. The van der Waals surface area contributed by atoms with Gasteiger partial charge in [-0.05, 0) is 38.0 Å². The predicted octanol–water partition coefficient (Wildman–Crippen LogP) is 3.51. The minimum absolute atomic E-state index is 0.0456. The quantitative estimate of drug-likeness (QED) is 0.471. The summed E-state index contributed by atoms with van der Waals surface area (Å²) in [5, 5.41) is 1.75. The van der Waals surface area contributed by atoms with Crippen LogP contribution in [0.3, 0.4) is 0 Å². The second-order valence-electron chi connectivity index (χ2n) is 7.09. The second-order valence-corrected chi connectivity index (χ2v) is 9.40. The molecular formula is C17H22N4O2S2. The van der Waals surface area contributed by atoms with Crippen molar-refractivity contribution in [1.29, 1.82) is 0 Å². The van der Waals surface area contributed by atoms with Gasteiger partial charge in [0.05, 0.1) is 17.6 Å². The third-order valence-corrected chi connectivity index (χ3v) is 6.26. The van der Waals surface area contributed by atoms with Crippen molar-refractivity contribution < 1.29 is 9.53 Å². The number of hydrogen-bond donors (Lipinski definition) is 2. The summed E-state index contributed by atoms with van der Waals surface area (Å²) in [7, 11) is 0. The molecule has 1 saturated carbocycles. The Bertz CT molecular complexity index is 830. The fraction of sp³-hybridized carbons (Fsp3) is 0.588. The number of thiophene rings is 1. The maximum atomic E-state index is 12.0. The van der Waals surface area contributed by atoms with Crippen molar-refractivity contribution in [2.45, 2.75) is 57.4 Å². The summed E-state index contributed by atoms with van der Waals surface area (Å²) in [4.78, 5) is 23.6. The summed E-state index contributed by atoms with van der Waals surface area (Å²) in [6.45, 7) is 6.89. The van der Waals surface area contributed by atoms with Crippen molar-refractivity contribution in [3.63, 3.8) is 0 Å². The lowest BCUT2D eigenvalue weighted by molar-refractivity contribution is -0.121. The summed E-state index contributed by atoms with van der Waals surface area (Å²) in [6.07, 6.45) is 2.77. The topological polar surface area (TPSA) is 76.1 Å². The minimum atomic E-state index is -0.202. The van der Waals surface area contributed by atoms with Gasteiger partial charge in [-0.3, -0.25) is 15.6 Å². The van der Waals surface area contributed by atoms with E-state index >= 15 is 0 Å². The molecule has 0 radical (unpaired) electrons. The average Bonchev–Trinajstić information content (AvgIpc) is 3.34. The standard InChI is InChI=1S/C17H22N4O2S2/c1-4-24-16-18-13(20-21-14(22)9-5-6-9)12-10-7-17(2,3)23-8-11(10)25-15(12)19-16/h9H,4-8H2,1-3H3,(H,21,22)(H,18,19,20). The number of nitrogens with zero attached hydrogens (tertiary/aromatic N) is 2. The number of carbonyl (C=O) groups is 1. The molecule has 0 bridgehead atoms. The molecule has 0 saturated heterocycles. The van der Waals surface area contributed by atoms with Gasteiger partial charge < -0.3 is 4.74 Å². The number of amides is 1. The first-order valence-electron chi connectivity index (χ1n) is 8.62. The zero-order valence-corrected chi connectivity index (χ0v) is 16.3. The fourth-order valence-electron chi connectivity index (χ4n) is 2.98. The van der Waals surface area contributed by atoms with E-state index in [1.807, 2.05) is 0 Å². The van der Waals surface area contributed by atoms with Gasteiger partial charge >= 0.3 is 0 Å². The number of nitrogens with one attached hydrogen (secondary N) is 2. The summed E-state index contributed by atoms with van der Waals surface area (Å²) < 4.78 is 5.94. The fourth-order valence-corrected chi connectivity index (χ4v) is 4.71. The molecule has 1 amide bonds. The second kappa shape index (κ2) is 6.41. The van der Waals surface area contributed by atoms with Crippen molar-refractivity contribution in [2.75, 3.05) is 11.2 Å². The van der Waals surface area contributed by atoms with E-state index in [0.717, 1.165) is 40.4 Å². The molecule has 0 spiro atoms. The molecule has 0 atom stereocenters. The third-order valence-electron chi connectivity index (χ3n) is 4.44. The van der Waals surface area contributed by atoms with Crippen LogP contribution in [0, 0.1) is 5.92 Å². The van der Waals surface area contributed by atoms with Gasteiger partial charge in [-0.25, -0.2) is 9.97 Å². The lowest BCUT2D eigenvalue weighted by Gasteiger charge is -2.30. The van der Waals surface area contributed by atoms with Gasteiger partial charge in [0.2, 0.25) is 5.91 Å². The zero-order chi connectivity index (χ0) is 17.6. The van der Waals surface area contributed by atoms with E-state index in [1.165, 1.54) is 10.4 Å². The average molecular weight is 379 g/mol. The van der Waals surface area contributed by atoms with E-state index in [0.29, 0.717) is 12.4 Å². The van der Waals surface area contributed by atoms with Crippen LogP contribution in [0.2, 0.25) is 0 Å². The van der Waals surface area contributed by atoms with Crippen molar-refractivity contribution in [1.82, 2.24) is 15.4 Å². The van der Waals surface area contributed by atoms with Crippen LogP contribution in [0.5, 0.6) is 0 Å². The molecule has 6 nitrogen and oxygen atoms in total. The van der Waals surface area contributed by atoms with Crippen LogP contribution in [0.25, 0.3) is 10.2 Å². The van der Waals surface area contributed by atoms with Crippen molar-refractivity contribution in [2.24, 2.45) is 5.92 Å². The van der Waals surface area contributed by atoms with Crippen LogP contribution in [0.4, 0.5) is 5.82 Å². The van der Waals surface area contributed by atoms with E-state index in [9.17, 15) is 4.79 Å². The Labute approximate surface area is 155 Å². The van der Waals surface area contributed by atoms with E-state index in [-0.39, 0.29) is 17.4 Å². The summed E-state index contributed by atoms with van der Waals surface area (Å²) >= 11 is 3.27. The molecule has 1 aliphatic carbocycles. The number of anilines is 1. The van der Waals surface area contributed by atoms with Crippen LogP contribution >= 0.6 is 23.1 Å². The van der Waals surface area contributed by atoms with Gasteiger partial charge in [0.1, 0.15) is 4.83 Å². The maximum Gasteiger partial charge on any atom is 0.241 e. The molecule has 134 valence electrons. The summed E-state index contributed by atoms with van der Waals surface area (Å²) in [6, 6.07) is 0. The van der Waals surface area contributed by atoms with E-state index in [4.69, 9.17) is 9.72 Å². The minimum Gasteiger partial charge on any atom is -0.370 e. The van der Waals surface area contributed by atoms with Gasteiger partial charge in [0, 0.05) is 17.2 Å². The Kier molecular flexibility index (Phi) is 4.37. The molecular weight excluding hydrogens is 356 g/mol. The Morgan fingerprint density at radius 2 is 2.20 bits per heavy atom. The van der Waals surface area contributed by atoms with Gasteiger partial charge in [-0.15, -0.1) is 11.3 Å². The Hall–Kier alpha value is -1.38. The highest BCUT2D eigenvalue weighted by molar-refractivity contribution is 7.99. The molecule has 2 aliphatic rings. The van der Waals surface area contributed by atoms with Crippen LogP contribution < -0.4 is 10.9 Å². The summed E-state index contributed by atoms with van der Waals surface area (Å²) in [5.74, 6) is 1.80. The van der Waals surface area contributed by atoms with Gasteiger partial charge in [-0.2, -0.15) is 0 Å². The normalized spacial score (nSPS) is 18.8. The van der Waals surface area contributed by atoms with E-state index in [2.05, 4.69) is 36.6 Å². The number of thioether (sulfide) groups is 1. The molecule has 2 aromatic heterocycles.